The van der Waals surface area contributed by atoms with Gasteiger partial charge < -0.3 is 19.9 Å². The Kier molecular flexibility index (Phi) is 3.63. The topological polar surface area (TPSA) is 70.8 Å². The molecule has 0 bridgehead atoms. The van der Waals surface area contributed by atoms with E-state index >= 15 is 0 Å². The molecule has 0 spiro atoms. The minimum Gasteiger partial charge on any atom is -0.493 e. The van der Waals surface area contributed by atoms with Gasteiger partial charge >= 0.3 is 0 Å². The van der Waals surface area contributed by atoms with Crippen LogP contribution in [0, 0.1) is 0 Å². The second kappa shape index (κ2) is 5.60. The maximum atomic E-state index is 12.4. The van der Waals surface area contributed by atoms with Crippen molar-refractivity contribution in [1.29, 1.82) is 0 Å². The van der Waals surface area contributed by atoms with Crippen LogP contribution >= 0.6 is 0 Å². The first kappa shape index (κ1) is 14.3. The maximum absolute atomic E-state index is 12.4. The highest BCUT2D eigenvalue weighted by Gasteiger charge is 2.30. The molecule has 0 aromatic heterocycles. The largest absolute Gasteiger partial charge is 0.493 e. The van der Waals surface area contributed by atoms with Crippen molar-refractivity contribution >= 4 is 11.5 Å². The van der Waals surface area contributed by atoms with E-state index in [4.69, 9.17) is 19.9 Å². The Balaban J connectivity index is 2.02. The molecule has 2 aromatic carbocycles. The Bertz CT molecular complexity index is 727. The molecule has 1 aliphatic heterocycles. The lowest BCUT2D eigenvalue weighted by Crippen LogP contribution is -2.21. The minimum atomic E-state index is -0.409. The number of carbonyl (C=O) groups excluding carboxylic acids is 1. The highest BCUT2D eigenvalue weighted by molar-refractivity contribution is 6.00. The molecule has 2 aromatic rings. The first-order valence-corrected chi connectivity index (χ1v) is 6.94. The summed E-state index contributed by atoms with van der Waals surface area (Å²) in [6.45, 7) is 0. The molecular weight excluding hydrogens is 282 g/mol. The lowest BCUT2D eigenvalue weighted by Gasteiger charge is -2.27. The number of hydrogen-bond donors (Lipinski definition) is 1. The van der Waals surface area contributed by atoms with Gasteiger partial charge in [0.1, 0.15) is 11.9 Å². The van der Waals surface area contributed by atoms with E-state index in [1.807, 2.05) is 18.2 Å². The monoisotopic (exact) mass is 299 g/mol. The van der Waals surface area contributed by atoms with Crippen molar-refractivity contribution in [3.8, 4) is 17.2 Å². The summed E-state index contributed by atoms with van der Waals surface area (Å²) in [5.41, 5.74) is 7.59. The zero-order valence-corrected chi connectivity index (χ0v) is 12.5. The van der Waals surface area contributed by atoms with E-state index in [0.717, 1.165) is 5.56 Å². The highest BCUT2D eigenvalue weighted by atomic mass is 16.5. The molecule has 0 radical (unpaired) electrons. The summed E-state index contributed by atoms with van der Waals surface area (Å²) in [7, 11) is 3.15. The van der Waals surface area contributed by atoms with Gasteiger partial charge in [-0.1, -0.05) is 12.1 Å². The van der Waals surface area contributed by atoms with Gasteiger partial charge in [0.2, 0.25) is 0 Å². The second-order valence-electron chi connectivity index (χ2n) is 5.07. The molecule has 1 unspecified atom stereocenters. The Labute approximate surface area is 128 Å². The number of hydrogen-bond acceptors (Lipinski definition) is 5. The van der Waals surface area contributed by atoms with Gasteiger partial charge in [-0.3, -0.25) is 4.79 Å². The molecule has 0 saturated carbocycles. The van der Waals surface area contributed by atoms with E-state index in [0.29, 0.717) is 28.5 Å². The number of nitrogen functional groups attached to an aromatic ring is 1. The van der Waals surface area contributed by atoms with Crippen molar-refractivity contribution in [2.24, 2.45) is 0 Å². The summed E-state index contributed by atoms with van der Waals surface area (Å²) in [6, 6.07) is 10.6. The number of anilines is 1. The summed E-state index contributed by atoms with van der Waals surface area (Å²) < 4.78 is 16.7. The normalized spacial score (nSPS) is 16.6. The molecule has 114 valence electrons. The Hall–Kier alpha value is -2.69. The third-order valence-corrected chi connectivity index (χ3v) is 3.72. The van der Waals surface area contributed by atoms with Gasteiger partial charge in [0.25, 0.3) is 0 Å². The maximum Gasteiger partial charge on any atom is 0.170 e. The average Bonchev–Trinajstić information content (AvgIpc) is 2.54. The van der Waals surface area contributed by atoms with Crippen LogP contribution in [0.1, 0.15) is 28.4 Å². The van der Waals surface area contributed by atoms with Crippen LogP contribution in [0.3, 0.4) is 0 Å². The van der Waals surface area contributed by atoms with Gasteiger partial charge in [-0.2, -0.15) is 0 Å². The molecule has 1 heterocycles. The van der Waals surface area contributed by atoms with Crippen molar-refractivity contribution in [1.82, 2.24) is 0 Å². The second-order valence-corrected chi connectivity index (χ2v) is 5.07. The third-order valence-electron chi connectivity index (χ3n) is 3.72. The van der Waals surface area contributed by atoms with Gasteiger partial charge in [-0.25, -0.2) is 0 Å². The molecule has 5 heteroatoms. The number of nitrogens with two attached hydrogens (primary N) is 1. The number of ketones is 1. The Morgan fingerprint density at radius 3 is 2.73 bits per heavy atom. The summed E-state index contributed by atoms with van der Waals surface area (Å²) in [6.07, 6.45) is -0.173. The smallest absolute Gasteiger partial charge is 0.170 e. The molecule has 0 fully saturated rings. The predicted octanol–water partition coefficient (Wildman–Crippen LogP) is 2.99. The van der Waals surface area contributed by atoms with Crippen molar-refractivity contribution in [2.75, 3.05) is 20.0 Å². The fourth-order valence-electron chi connectivity index (χ4n) is 2.68. The van der Waals surface area contributed by atoms with E-state index in [-0.39, 0.29) is 12.2 Å². The number of carbonyl (C=O) groups is 1. The quantitative estimate of drug-likeness (QED) is 0.882. The SMILES string of the molecule is COc1cccc(C2CC(=O)c3cc(N)ccc3O2)c1OC. The van der Waals surface area contributed by atoms with Crippen LogP contribution in [-0.4, -0.2) is 20.0 Å². The van der Waals surface area contributed by atoms with Crippen LogP contribution in [0.4, 0.5) is 5.69 Å². The summed E-state index contributed by atoms with van der Waals surface area (Å²) in [5.74, 6) is 1.74. The van der Waals surface area contributed by atoms with Crippen molar-refractivity contribution in [3.05, 3.63) is 47.5 Å². The Morgan fingerprint density at radius 2 is 2.00 bits per heavy atom. The van der Waals surface area contributed by atoms with Crippen LogP contribution in [0.2, 0.25) is 0 Å². The lowest BCUT2D eigenvalue weighted by atomic mass is 9.95. The molecule has 3 rings (SSSR count). The average molecular weight is 299 g/mol. The van der Waals surface area contributed by atoms with Crippen LogP contribution in [0.5, 0.6) is 17.2 Å². The number of para-hydroxylation sites is 1. The standard InChI is InChI=1S/C17H17NO4/c1-20-15-5-3-4-11(17(15)21-2)16-9-13(19)12-8-10(18)6-7-14(12)22-16/h3-8,16H,9,18H2,1-2H3. The van der Waals surface area contributed by atoms with Crippen molar-refractivity contribution in [2.45, 2.75) is 12.5 Å². The van der Waals surface area contributed by atoms with Crippen molar-refractivity contribution in [3.63, 3.8) is 0 Å². The number of rotatable bonds is 3. The molecule has 1 aliphatic rings. The molecule has 0 aliphatic carbocycles. The molecule has 22 heavy (non-hydrogen) atoms. The molecule has 0 amide bonds. The number of fused-ring (bicyclic) bond motifs is 1. The van der Waals surface area contributed by atoms with Crippen LogP contribution in [0.25, 0.3) is 0 Å². The van der Waals surface area contributed by atoms with E-state index in [9.17, 15) is 4.79 Å². The van der Waals surface area contributed by atoms with E-state index in [1.165, 1.54) is 0 Å². The van der Waals surface area contributed by atoms with E-state index in [1.54, 1.807) is 32.4 Å². The minimum absolute atomic E-state index is 0.00317. The van der Waals surface area contributed by atoms with Gasteiger partial charge in [0.15, 0.2) is 17.3 Å². The molecule has 0 saturated heterocycles. The van der Waals surface area contributed by atoms with E-state index < -0.39 is 6.10 Å². The number of methoxy groups -OCH3 is 2. The number of ether oxygens (including phenoxy) is 3. The van der Waals surface area contributed by atoms with Gasteiger partial charge in [-0.15, -0.1) is 0 Å². The van der Waals surface area contributed by atoms with Gasteiger partial charge in [0, 0.05) is 11.3 Å². The summed E-state index contributed by atoms with van der Waals surface area (Å²) in [4.78, 5) is 12.4. The van der Waals surface area contributed by atoms with Crippen molar-refractivity contribution < 1.29 is 19.0 Å². The number of Topliss-reactive ketones (excluding diaryl/α,β-unsaturated/α-hetero) is 1. The Morgan fingerprint density at radius 1 is 1.18 bits per heavy atom. The fraction of sp³-hybridized carbons (Fsp3) is 0.235. The predicted molar refractivity (Wildman–Crippen MR) is 82.7 cm³/mol. The summed E-state index contributed by atoms with van der Waals surface area (Å²) in [5, 5.41) is 0. The fourth-order valence-corrected chi connectivity index (χ4v) is 2.68. The zero-order chi connectivity index (χ0) is 15.7. The van der Waals surface area contributed by atoms with Crippen LogP contribution in [-0.2, 0) is 0 Å². The molecular formula is C17H17NO4. The van der Waals surface area contributed by atoms with Crippen LogP contribution in [0.15, 0.2) is 36.4 Å². The highest BCUT2D eigenvalue weighted by Crippen LogP contribution is 2.41. The number of benzene rings is 2. The van der Waals surface area contributed by atoms with E-state index in [2.05, 4.69) is 0 Å². The lowest BCUT2D eigenvalue weighted by molar-refractivity contribution is 0.0846. The first-order chi connectivity index (χ1) is 10.6. The summed E-state index contributed by atoms with van der Waals surface area (Å²) >= 11 is 0. The first-order valence-electron chi connectivity index (χ1n) is 6.94. The molecule has 2 N–H and O–H groups in total. The van der Waals surface area contributed by atoms with Gasteiger partial charge in [0.05, 0.1) is 26.2 Å². The third kappa shape index (κ3) is 2.35. The molecule has 5 nitrogen and oxygen atoms in total. The van der Waals surface area contributed by atoms with Gasteiger partial charge in [-0.05, 0) is 24.3 Å². The van der Waals surface area contributed by atoms with Crippen LogP contribution < -0.4 is 19.9 Å². The zero-order valence-electron chi connectivity index (χ0n) is 12.5. The molecule has 1 atom stereocenters.